The lowest BCUT2D eigenvalue weighted by molar-refractivity contribution is 0.221. The highest BCUT2D eigenvalue weighted by atomic mass is 35.5. The quantitative estimate of drug-likeness (QED) is 0.424. The second kappa shape index (κ2) is 7.23. The fourth-order valence-electron chi connectivity index (χ4n) is 4.11. The second-order valence-corrected chi connectivity index (χ2v) is 7.89. The Bertz CT molecular complexity index is 1150. The van der Waals surface area contributed by atoms with Crippen molar-refractivity contribution in [2.45, 2.75) is 25.8 Å². The fraction of sp³-hybridized carbons (Fsp3) is 0.273. The van der Waals surface area contributed by atoms with E-state index < -0.39 is 0 Å². The minimum Gasteiger partial charge on any atom is -0.338 e. The van der Waals surface area contributed by atoms with Crippen LogP contribution in [0.2, 0.25) is 5.15 Å². The number of nitrogens with one attached hydrogen (secondary N) is 1. The number of aromatic amines is 1. The van der Waals surface area contributed by atoms with E-state index in [1.165, 1.54) is 37.9 Å². The van der Waals surface area contributed by atoms with Crippen molar-refractivity contribution in [1.82, 2.24) is 19.9 Å². The van der Waals surface area contributed by atoms with Gasteiger partial charge < -0.3 is 4.98 Å². The largest absolute Gasteiger partial charge is 0.338 e. The summed E-state index contributed by atoms with van der Waals surface area (Å²) < 4.78 is 0. The van der Waals surface area contributed by atoms with Crippen molar-refractivity contribution in [1.29, 1.82) is 0 Å². The number of pyridine rings is 2. The van der Waals surface area contributed by atoms with Gasteiger partial charge in [-0.05, 0) is 43.1 Å². The van der Waals surface area contributed by atoms with Gasteiger partial charge in [-0.1, -0.05) is 47.8 Å². The van der Waals surface area contributed by atoms with Gasteiger partial charge >= 0.3 is 0 Å². The summed E-state index contributed by atoms with van der Waals surface area (Å²) in [4.78, 5) is 14.5. The molecule has 28 heavy (non-hydrogen) atoms. The van der Waals surface area contributed by atoms with Crippen molar-refractivity contribution >= 4 is 46.8 Å². The van der Waals surface area contributed by atoms with Crippen LogP contribution in [0, 0.1) is 0 Å². The van der Waals surface area contributed by atoms with Gasteiger partial charge in [-0.3, -0.25) is 4.90 Å². The molecular formula is C22H20BClN4. The minimum absolute atomic E-state index is 0.320. The van der Waals surface area contributed by atoms with Crippen molar-refractivity contribution in [3.8, 4) is 11.1 Å². The number of piperidine rings is 1. The lowest BCUT2D eigenvalue weighted by atomic mass is 9.93. The molecule has 6 heteroatoms. The van der Waals surface area contributed by atoms with Gasteiger partial charge in [0.15, 0.2) is 0 Å². The lowest BCUT2D eigenvalue weighted by Gasteiger charge is -2.26. The Morgan fingerprint density at radius 1 is 1.00 bits per heavy atom. The summed E-state index contributed by atoms with van der Waals surface area (Å²) in [6.45, 7) is 3.45. The van der Waals surface area contributed by atoms with Crippen molar-refractivity contribution in [2.24, 2.45) is 0 Å². The highest BCUT2D eigenvalue weighted by Crippen LogP contribution is 2.28. The minimum atomic E-state index is 0.320. The second-order valence-electron chi connectivity index (χ2n) is 7.53. The molecule has 1 N–H and O–H groups in total. The molecule has 4 aromatic rings. The molecule has 1 aliphatic rings. The van der Waals surface area contributed by atoms with Gasteiger partial charge in [0.05, 0.1) is 11.7 Å². The third kappa shape index (κ3) is 3.19. The topological polar surface area (TPSA) is 44.8 Å². The molecule has 1 aromatic carbocycles. The Balaban J connectivity index is 1.48. The molecular weight excluding hydrogens is 367 g/mol. The normalized spacial score (nSPS) is 15.5. The average molecular weight is 387 g/mol. The van der Waals surface area contributed by atoms with Gasteiger partial charge in [0.25, 0.3) is 0 Å². The summed E-state index contributed by atoms with van der Waals surface area (Å²) in [6.07, 6.45) is 7.59. The van der Waals surface area contributed by atoms with Crippen LogP contribution in [0.4, 0.5) is 0 Å². The summed E-state index contributed by atoms with van der Waals surface area (Å²) in [6, 6.07) is 10.9. The monoisotopic (exact) mass is 386 g/mol. The third-order valence-corrected chi connectivity index (χ3v) is 5.92. The number of likely N-dealkylation sites (tertiary alicyclic amines) is 1. The van der Waals surface area contributed by atoms with Gasteiger partial charge in [0.1, 0.15) is 18.6 Å². The molecule has 0 spiro atoms. The van der Waals surface area contributed by atoms with Gasteiger partial charge in [-0.25, -0.2) is 9.97 Å². The molecule has 1 saturated heterocycles. The van der Waals surface area contributed by atoms with Crippen molar-refractivity contribution < 1.29 is 0 Å². The average Bonchev–Trinajstić information content (AvgIpc) is 3.10. The zero-order valence-electron chi connectivity index (χ0n) is 15.6. The molecule has 0 unspecified atom stereocenters. The molecule has 2 radical (unpaired) electrons. The first-order valence-electron chi connectivity index (χ1n) is 9.72. The Morgan fingerprint density at radius 3 is 2.57 bits per heavy atom. The summed E-state index contributed by atoms with van der Waals surface area (Å²) in [5.74, 6) is 0. The Labute approximate surface area is 170 Å². The van der Waals surface area contributed by atoms with Gasteiger partial charge in [-0.15, -0.1) is 0 Å². The van der Waals surface area contributed by atoms with Gasteiger partial charge in [-0.2, -0.15) is 0 Å². The molecule has 1 fully saturated rings. The van der Waals surface area contributed by atoms with E-state index in [1.54, 1.807) is 6.20 Å². The number of fused-ring (bicyclic) bond motifs is 3. The molecule has 138 valence electrons. The molecule has 0 saturated carbocycles. The fourth-order valence-corrected chi connectivity index (χ4v) is 4.25. The van der Waals surface area contributed by atoms with E-state index in [-0.39, 0.29) is 0 Å². The van der Waals surface area contributed by atoms with Gasteiger partial charge in [0.2, 0.25) is 0 Å². The maximum Gasteiger partial charge on any atom is 0.138 e. The maximum absolute atomic E-state index is 6.18. The maximum atomic E-state index is 6.18. The molecule has 1 aliphatic heterocycles. The van der Waals surface area contributed by atoms with E-state index in [2.05, 4.69) is 50.2 Å². The highest BCUT2D eigenvalue weighted by Gasteiger charge is 2.13. The first kappa shape index (κ1) is 17.7. The SMILES string of the molecule is [B]c1c(Cl)ncc2[nH]c3ncc(-c4ccc(CN5CCCCC5)cc4)cc3c12. The molecule has 4 heterocycles. The Morgan fingerprint density at radius 2 is 1.79 bits per heavy atom. The number of benzene rings is 1. The van der Waals surface area contributed by atoms with E-state index in [0.29, 0.717) is 10.6 Å². The van der Waals surface area contributed by atoms with Crippen molar-refractivity contribution in [2.75, 3.05) is 13.1 Å². The zero-order chi connectivity index (χ0) is 19.1. The summed E-state index contributed by atoms with van der Waals surface area (Å²) >= 11 is 6.12. The Kier molecular flexibility index (Phi) is 4.57. The molecule has 4 nitrogen and oxygen atoms in total. The van der Waals surface area contributed by atoms with Crippen LogP contribution in [0.15, 0.2) is 42.7 Å². The van der Waals surface area contributed by atoms with Crippen LogP contribution in [0.3, 0.4) is 0 Å². The molecule has 3 aromatic heterocycles. The number of H-pyrrole nitrogens is 1. The first-order chi connectivity index (χ1) is 13.7. The number of nitrogens with zero attached hydrogens (tertiary/aromatic N) is 3. The van der Waals surface area contributed by atoms with E-state index in [9.17, 15) is 0 Å². The number of halogens is 1. The van der Waals surface area contributed by atoms with Gasteiger partial charge in [0, 0.05) is 29.1 Å². The summed E-state index contributed by atoms with van der Waals surface area (Å²) in [5, 5.41) is 2.17. The molecule has 0 amide bonds. The van der Waals surface area contributed by atoms with Crippen molar-refractivity contribution in [3.63, 3.8) is 0 Å². The van der Waals surface area contributed by atoms with Crippen LogP contribution in [-0.2, 0) is 6.54 Å². The number of rotatable bonds is 3. The zero-order valence-corrected chi connectivity index (χ0v) is 16.3. The number of hydrogen-bond donors (Lipinski definition) is 1. The third-order valence-electron chi connectivity index (χ3n) is 5.62. The smallest absolute Gasteiger partial charge is 0.138 e. The molecule has 0 atom stereocenters. The van der Waals surface area contributed by atoms with Crippen LogP contribution in [0.25, 0.3) is 33.1 Å². The van der Waals surface area contributed by atoms with E-state index in [0.717, 1.165) is 39.6 Å². The van der Waals surface area contributed by atoms with Crippen LogP contribution < -0.4 is 5.46 Å². The molecule has 0 aliphatic carbocycles. The summed E-state index contributed by atoms with van der Waals surface area (Å²) in [7, 11) is 6.18. The summed E-state index contributed by atoms with van der Waals surface area (Å²) in [5.41, 5.74) is 5.68. The predicted molar refractivity (Wildman–Crippen MR) is 116 cm³/mol. The van der Waals surface area contributed by atoms with Crippen LogP contribution >= 0.6 is 11.6 Å². The number of aromatic nitrogens is 3. The van der Waals surface area contributed by atoms with E-state index in [4.69, 9.17) is 19.4 Å². The first-order valence-corrected chi connectivity index (χ1v) is 10.1. The Hall–Kier alpha value is -2.37. The van der Waals surface area contributed by atoms with E-state index in [1.807, 2.05) is 6.20 Å². The lowest BCUT2D eigenvalue weighted by Crippen LogP contribution is -2.28. The molecule has 0 bridgehead atoms. The van der Waals surface area contributed by atoms with Crippen molar-refractivity contribution in [3.05, 3.63) is 53.4 Å². The highest BCUT2D eigenvalue weighted by molar-refractivity contribution is 6.50. The molecule has 5 rings (SSSR count). The van der Waals surface area contributed by atoms with Crippen LogP contribution in [-0.4, -0.2) is 40.8 Å². The standard InChI is InChI=1S/C22H20BClN4/c23-20-19-17-10-16(11-26-22(17)27-18(19)12-25-21(20)24)15-6-4-14(5-7-15)13-28-8-2-1-3-9-28/h4-7,10-12H,1-3,8-9,13H2,(H,26,27). The predicted octanol–water partition coefficient (Wildman–Crippen LogP) is 4.21. The van der Waals surface area contributed by atoms with Crippen LogP contribution in [0.1, 0.15) is 24.8 Å². The van der Waals surface area contributed by atoms with Crippen LogP contribution in [0.5, 0.6) is 0 Å². The van der Waals surface area contributed by atoms with E-state index >= 15 is 0 Å². The number of hydrogen-bond acceptors (Lipinski definition) is 3.